The number of carbonyl (C=O) groups excluding carboxylic acids is 1. The summed E-state index contributed by atoms with van der Waals surface area (Å²) in [6.07, 6.45) is 4.26. The smallest absolute Gasteiger partial charge is 0.134 e. The van der Waals surface area contributed by atoms with Gasteiger partial charge in [-0.1, -0.05) is 6.42 Å². The predicted molar refractivity (Wildman–Crippen MR) is 67.0 cm³/mol. The van der Waals surface area contributed by atoms with Crippen LogP contribution in [-0.2, 0) is 4.79 Å². The van der Waals surface area contributed by atoms with Gasteiger partial charge in [-0.05, 0) is 37.1 Å². The highest BCUT2D eigenvalue weighted by molar-refractivity contribution is 5.81. The van der Waals surface area contributed by atoms with E-state index in [0.717, 1.165) is 30.4 Å². The highest BCUT2D eigenvalue weighted by atomic mass is 19.1. The molecule has 18 heavy (non-hydrogen) atoms. The number of benzene rings is 1. The number of Topliss-reactive ketones (excluding diaryl/α,β-unsaturated/α-hetero) is 1. The second-order valence-electron chi connectivity index (χ2n) is 5.02. The van der Waals surface area contributed by atoms with Gasteiger partial charge in [0.2, 0.25) is 0 Å². The Hall–Kier alpha value is -1.64. The van der Waals surface area contributed by atoms with Crippen molar-refractivity contribution in [3.8, 4) is 0 Å². The minimum absolute atomic E-state index is 0.162. The van der Waals surface area contributed by atoms with Gasteiger partial charge in [-0.25, -0.2) is 4.39 Å². The van der Waals surface area contributed by atoms with Crippen molar-refractivity contribution in [1.82, 2.24) is 0 Å². The predicted octanol–water partition coefficient (Wildman–Crippen LogP) is 4.19. The quantitative estimate of drug-likeness (QED) is 0.706. The average molecular weight is 246 g/mol. The largest absolute Gasteiger partial charge is 0.461 e. The third-order valence-corrected chi connectivity index (χ3v) is 3.63. The first kappa shape index (κ1) is 11.5. The van der Waals surface area contributed by atoms with Crippen LogP contribution in [0.1, 0.15) is 43.8 Å². The van der Waals surface area contributed by atoms with E-state index in [9.17, 15) is 9.18 Å². The molecule has 0 radical (unpaired) electrons. The van der Waals surface area contributed by atoms with Gasteiger partial charge in [0.15, 0.2) is 0 Å². The molecule has 1 saturated carbocycles. The first-order valence-corrected chi connectivity index (χ1v) is 6.43. The summed E-state index contributed by atoms with van der Waals surface area (Å²) in [4.78, 5) is 11.6. The molecule has 94 valence electrons. The van der Waals surface area contributed by atoms with Crippen LogP contribution in [0.15, 0.2) is 28.7 Å². The van der Waals surface area contributed by atoms with Crippen molar-refractivity contribution in [3.63, 3.8) is 0 Å². The summed E-state index contributed by atoms with van der Waals surface area (Å²) < 4.78 is 18.9. The van der Waals surface area contributed by atoms with Crippen LogP contribution < -0.4 is 0 Å². The molecule has 1 fully saturated rings. The van der Waals surface area contributed by atoms with Crippen LogP contribution in [0.5, 0.6) is 0 Å². The summed E-state index contributed by atoms with van der Waals surface area (Å²) in [5.41, 5.74) is 0.697. The Labute approximate surface area is 105 Å². The van der Waals surface area contributed by atoms with Gasteiger partial charge in [0.05, 0.1) is 0 Å². The van der Waals surface area contributed by atoms with Gasteiger partial charge in [-0.2, -0.15) is 0 Å². The summed E-state index contributed by atoms with van der Waals surface area (Å²) in [5, 5.41) is 0.779. The summed E-state index contributed by atoms with van der Waals surface area (Å²) in [7, 11) is 0. The highest BCUT2D eigenvalue weighted by Gasteiger charge is 2.22. The molecule has 2 nitrogen and oxygen atoms in total. The van der Waals surface area contributed by atoms with Crippen LogP contribution in [0, 0.1) is 5.82 Å². The summed E-state index contributed by atoms with van der Waals surface area (Å²) >= 11 is 0. The number of halogens is 1. The third-order valence-electron chi connectivity index (χ3n) is 3.63. The first-order valence-electron chi connectivity index (χ1n) is 6.43. The number of hydrogen-bond donors (Lipinski definition) is 0. The molecule has 1 aromatic carbocycles. The van der Waals surface area contributed by atoms with Crippen molar-refractivity contribution in [2.75, 3.05) is 0 Å². The molecule has 3 rings (SSSR count). The fourth-order valence-corrected chi connectivity index (χ4v) is 2.67. The van der Waals surface area contributed by atoms with E-state index in [1.807, 2.05) is 6.07 Å². The number of hydrogen-bond acceptors (Lipinski definition) is 2. The van der Waals surface area contributed by atoms with E-state index in [1.54, 1.807) is 6.07 Å². The third kappa shape index (κ3) is 2.17. The van der Waals surface area contributed by atoms with Crippen LogP contribution in [0.2, 0.25) is 0 Å². The molecule has 1 unspecified atom stereocenters. The first-order chi connectivity index (χ1) is 8.72. The van der Waals surface area contributed by atoms with E-state index in [2.05, 4.69) is 0 Å². The van der Waals surface area contributed by atoms with Crippen LogP contribution in [0.25, 0.3) is 11.0 Å². The zero-order chi connectivity index (χ0) is 12.5. The lowest BCUT2D eigenvalue weighted by atomic mass is 9.97. The number of ketones is 1. The van der Waals surface area contributed by atoms with Crippen LogP contribution in [0.4, 0.5) is 4.39 Å². The van der Waals surface area contributed by atoms with Crippen LogP contribution >= 0.6 is 0 Å². The lowest BCUT2D eigenvalue weighted by Gasteiger charge is -2.08. The van der Waals surface area contributed by atoms with Gasteiger partial charge in [0.1, 0.15) is 22.9 Å². The summed E-state index contributed by atoms with van der Waals surface area (Å²) in [6, 6.07) is 6.39. The minimum Gasteiger partial charge on any atom is -0.461 e. The zero-order valence-electron chi connectivity index (χ0n) is 10.1. The Bertz CT molecular complexity index is 585. The number of fused-ring (bicyclic) bond motifs is 1. The van der Waals surface area contributed by atoms with Gasteiger partial charge in [0.25, 0.3) is 0 Å². The molecule has 1 aromatic heterocycles. The van der Waals surface area contributed by atoms with Crippen molar-refractivity contribution in [2.45, 2.75) is 38.0 Å². The molecule has 2 aromatic rings. The fourth-order valence-electron chi connectivity index (χ4n) is 2.67. The summed E-state index contributed by atoms with van der Waals surface area (Å²) in [5.74, 6) is 1.04. The molecule has 0 amide bonds. The fraction of sp³-hybridized carbons (Fsp3) is 0.400. The summed E-state index contributed by atoms with van der Waals surface area (Å²) in [6.45, 7) is 0. The zero-order valence-corrected chi connectivity index (χ0v) is 10.1. The minimum atomic E-state index is -0.258. The molecule has 0 spiro atoms. The number of carbonyl (C=O) groups is 1. The van der Waals surface area contributed by atoms with Crippen molar-refractivity contribution in [3.05, 3.63) is 35.8 Å². The SMILES string of the molecule is O=C1CCCCC(c2cc3cc(F)ccc3o2)C1. The topological polar surface area (TPSA) is 30.2 Å². The average Bonchev–Trinajstić information content (AvgIpc) is 2.63. The van der Waals surface area contributed by atoms with Crippen LogP contribution in [0.3, 0.4) is 0 Å². The van der Waals surface area contributed by atoms with Gasteiger partial charge in [-0.15, -0.1) is 0 Å². The maximum absolute atomic E-state index is 13.1. The maximum atomic E-state index is 13.1. The Balaban J connectivity index is 1.95. The number of rotatable bonds is 1. The van der Waals surface area contributed by atoms with E-state index in [4.69, 9.17) is 4.42 Å². The van der Waals surface area contributed by atoms with Crippen LogP contribution in [-0.4, -0.2) is 5.78 Å². The molecule has 0 bridgehead atoms. The Kier molecular flexibility index (Phi) is 2.90. The lowest BCUT2D eigenvalue weighted by molar-refractivity contribution is -0.119. The van der Waals surface area contributed by atoms with Crippen molar-refractivity contribution >= 4 is 16.8 Å². The van der Waals surface area contributed by atoms with E-state index in [1.165, 1.54) is 12.1 Å². The van der Waals surface area contributed by atoms with Gasteiger partial charge in [-0.3, -0.25) is 4.79 Å². The Morgan fingerprint density at radius 1 is 1.22 bits per heavy atom. The van der Waals surface area contributed by atoms with E-state index in [-0.39, 0.29) is 11.7 Å². The maximum Gasteiger partial charge on any atom is 0.134 e. The van der Waals surface area contributed by atoms with Crippen molar-refractivity contribution in [2.24, 2.45) is 0 Å². The molecule has 1 aliphatic rings. The Morgan fingerprint density at radius 3 is 3.00 bits per heavy atom. The molecule has 1 atom stereocenters. The molecule has 3 heteroatoms. The second-order valence-corrected chi connectivity index (χ2v) is 5.02. The molecule has 0 N–H and O–H groups in total. The molecule has 1 heterocycles. The standard InChI is InChI=1S/C15H15FO2/c16-12-5-6-14-11(7-12)9-15(18-14)10-3-1-2-4-13(17)8-10/h5-7,9-10H,1-4,8H2. The lowest BCUT2D eigenvalue weighted by Crippen LogP contribution is -2.02. The van der Waals surface area contributed by atoms with Crippen molar-refractivity contribution in [1.29, 1.82) is 0 Å². The van der Waals surface area contributed by atoms with Gasteiger partial charge in [0, 0.05) is 24.1 Å². The molecule has 0 aliphatic heterocycles. The van der Waals surface area contributed by atoms with Gasteiger partial charge >= 0.3 is 0 Å². The normalized spacial score (nSPS) is 21.2. The monoisotopic (exact) mass is 246 g/mol. The number of furan rings is 1. The van der Waals surface area contributed by atoms with E-state index >= 15 is 0 Å². The second kappa shape index (κ2) is 4.56. The molecular weight excluding hydrogens is 231 g/mol. The van der Waals surface area contributed by atoms with Crippen molar-refractivity contribution < 1.29 is 13.6 Å². The molecule has 0 saturated heterocycles. The molecular formula is C15H15FO2. The van der Waals surface area contributed by atoms with Gasteiger partial charge < -0.3 is 4.42 Å². The van der Waals surface area contributed by atoms with E-state index in [0.29, 0.717) is 24.2 Å². The Morgan fingerprint density at radius 2 is 2.11 bits per heavy atom. The van der Waals surface area contributed by atoms with E-state index < -0.39 is 0 Å². The molecule has 1 aliphatic carbocycles. The highest BCUT2D eigenvalue weighted by Crippen LogP contribution is 2.33.